The summed E-state index contributed by atoms with van der Waals surface area (Å²) in [6.07, 6.45) is 0.446. The zero-order valence-corrected chi connectivity index (χ0v) is 8.00. The van der Waals surface area contributed by atoms with E-state index in [1.807, 2.05) is 0 Å². The van der Waals surface area contributed by atoms with Gasteiger partial charge in [-0.2, -0.15) is 0 Å². The third-order valence-corrected chi connectivity index (χ3v) is 1.73. The minimum atomic E-state index is -0.437. The summed E-state index contributed by atoms with van der Waals surface area (Å²) in [6.45, 7) is 0.0357. The molecule has 78 valence electrons. The molecule has 1 aromatic rings. The molecule has 0 aliphatic carbocycles. The maximum absolute atomic E-state index is 13.2. The average molecular weight is 200 g/mol. The molecule has 1 N–H and O–H groups in total. The highest BCUT2D eigenvalue weighted by Crippen LogP contribution is 2.18. The second kappa shape index (κ2) is 5.57. The Morgan fingerprint density at radius 1 is 1.43 bits per heavy atom. The standard InChI is InChI=1S/C10H13FO3/c1-13-7-14-10-3-2-8(4-5-12)6-9(10)11/h2-3,6,12H,4-5,7H2,1H3. The molecule has 0 bridgehead atoms. The van der Waals surface area contributed by atoms with Crippen molar-refractivity contribution in [3.8, 4) is 5.75 Å². The van der Waals surface area contributed by atoms with E-state index in [1.54, 1.807) is 6.07 Å². The van der Waals surface area contributed by atoms with Crippen LogP contribution in [0, 0.1) is 5.82 Å². The van der Waals surface area contributed by atoms with Gasteiger partial charge in [-0.15, -0.1) is 0 Å². The Bertz CT molecular complexity index is 289. The zero-order valence-electron chi connectivity index (χ0n) is 8.00. The molecule has 4 heteroatoms. The van der Waals surface area contributed by atoms with Crippen LogP contribution in [0.3, 0.4) is 0 Å². The lowest BCUT2D eigenvalue weighted by molar-refractivity contribution is 0.0482. The Morgan fingerprint density at radius 3 is 2.79 bits per heavy atom. The Hall–Kier alpha value is -1.13. The molecule has 0 radical (unpaired) electrons. The summed E-state index contributed by atoms with van der Waals surface area (Å²) in [4.78, 5) is 0. The van der Waals surface area contributed by atoms with Crippen molar-refractivity contribution in [3.63, 3.8) is 0 Å². The van der Waals surface area contributed by atoms with Crippen molar-refractivity contribution in [2.45, 2.75) is 6.42 Å². The third-order valence-electron chi connectivity index (χ3n) is 1.73. The van der Waals surface area contributed by atoms with E-state index in [2.05, 4.69) is 4.74 Å². The monoisotopic (exact) mass is 200 g/mol. The molecule has 0 aliphatic heterocycles. The van der Waals surface area contributed by atoms with Crippen LogP contribution in [0.4, 0.5) is 4.39 Å². The maximum atomic E-state index is 13.2. The smallest absolute Gasteiger partial charge is 0.188 e. The Balaban J connectivity index is 2.68. The number of rotatable bonds is 5. The molecule has 3 nitrogen and oxygen atoms in total. The molecule has 1 aromatic carbocycles. The van der Waals surface area contributed by atoms with Crippen molar-refractivity contribution in [3.05, 3.63) is 29.6 Å². The third kappa shape index (κ3) is 2.97. The van der Waals surface area contributed by atoms with Gasteiger partial charge in [-0.3, -0.25) is 0 Å². The summed E-state index contributed by atoms with van der Waals surface area (Å²) < 4.78 is 22.8. The Kier molecular flexibility index (Phi) is 4.35. The summed E-state index contributed by atoms with van der Waals surface area (Å²) in [5.41, 5.74) is 0.745. The van der Waals surface area contributed by atoms with Crippen molar-refractivity contribution >= 4 is 0 Å². The molecule has 0 heterocycles. The number of halogens is 1. The average Bonchev–Trinajstić information content (AvgIpc) is 2.17. The predicted molar refractivity (Wildman–Crippen MR) is 49.7 cm³/mol. The molecule has 0 fully saturated rings. The van der Waals surface area contributed by atoms with E-state index in [9.17, 15) is 4.39 Å². The predicted octanol–water partition coefficient (Wildman–Crippen LogP) is 1.34. The molecule has 0 amide bonds. The first-order valence-electron chi connectivity index (χ1n) is 4.29. The minimum Gasteiger partial charge on any atom is -0.464 e. The fourth-order valence-corrected chi connectivity index (χ4v) is 1.07. The molecular formula is C10H13FO3. The summed E-state index contributed by atoms with van der Waals surface area (Å²) in [5, 5.41) is 8.65. The van der Waals surface area contributed by atoms with Crippen LogP contribution in [0.2, 0.25) is 0 Å². The van der Waals surface area contributed by atoms with Crippen molar-refractivity contribution in [2.75, 3.05) is 20.5 Å². The van der Waals surface area contributed by atoms with Gasteiger partial charge in [0.15, 0.2) is 18.4 Å². The Labute approximate surface area is 82.1 Å². The molecule has 0 spiro atoms. The summed E-state index contributed by atoms with van der Waals surface area (Å²) >= 11 is 0. The number of methoxy groups -OCH3 is 1. The normalized spacial score (nSPS) is 10.2. The fraction of sp³-hybridized carbons (Fsp3) is 0.400. The molecule has 0 aromatic heterocycles. The second-order valence-electron chi connectivity index (χ2n) is 2.79. The van der Waals surface area contributed by atoms with Gasteiger partial charge in [0.05, 0.1) is 0 Å². The van der Waals surface area contributed by atoms with E-state index < -0.39 is 5.82 Å². The number of ether oxygens (including phenoxy) is 2. The lowest BCUT2D eigenvalue weighted by Crippen LogP contribution is -2.01. The SMILES string of the molecule is COCOc1ccc(CCO)cc1F. The van der Waals surface area contributed by atoms with E-state index in [1.165, 1.54) is 19.2 Å². The van der Waals surface area contributed by atoms with Gasteiger partial charge in [0.25, 0.3) is 0 Å². The molecule has 0 unspecified atom stereocenters. The van der Waals surface area contributed by atoms with Gasteiger partial charge in [0.1, 0.15) is 0 Å². The molecular weight excluding hydrogens is 187 g/mol. The molecule has 0 saturated carbocycles. The van der Waals surface area contributed by atoms with Gasteiger partial charge >= 0.3 is 0 Å². The highest BCUT2D eigenvalue weighted by atomic mass is 19.1. The first-order chi connectivity index (χ1) is 6.77. The fourth-order valence-electron chi connectivity index (χ4n) is 1.07. The second-order valence-corrected chi connectivity index (χ2v) is 2.79. The van der Waals surface area contributed by atoms with Crippen molar-refractivity contribution in [2.24, 2.45) is 0 Å². The molecule has 0 atom stereocenters. The van der Waals surface area contributed by atoms with Crippen molar-refractivity contribution in [1.82, 2.24) is 0 Å². The molecule has 14 heavy (non-hydrogen) atoms. The first kappa shape index (κ1) is 10.9. The number of aliphatic hydroxyl groups is 1. The van der Waals surface area contributed by atoms with Gasteiger partial charge in [-0.25, -0.2) is 4.39 Å². The topological polar surface area (TPSA) is 38.7 Å². The highest BCUT2D eigenvalue weighted by molar-refractivity contribution is 5.29. The minimum absolute atomic E-state index is 0.0116. The van der Waals surface area contributed by atoms with Crippen LogP contribution in [-0.4, -0.2) is 25.6 Å². The quantitative estimate of drug-likeness (QED) is 0.729. The van der Waals surface area contributed by atoms with E-state index in [0.29, 0.717) is 6.42 Å². The molecule has 0 aliphatic rings. The lowest BCUT2D eigenvalue weighted by Gasteiger charge is -2.06. The molecule has 1 rings (SSSR count). The van der Waals surface area contributed by atoms with Crippen LogP contribution in [0.25, 0.3) is 0 Å². The number of benzene rings is 1. The van der Waals surface area contributed by atoms with E-state index in [-0.39, 0.29) is 19.1 Å². The van der Waals surface area contributed by atoms with E-state index in [4.69, 9.17) is 9.84 Å². The largest absolute Gasteiger partial charge is 0.464 e. The number of hydrogen-bond acceptors (Lipinski definition) is 3. The highest BCUT2D eigenvalue weighted by Gasteiger charge is 2.03. The van der Waals surface area contributed by atoms with Crippen LogP contribution in [-0.2, 0) is 11.2 Å². The van der Waals surface area contributed by atoms with Crippen molar-refractivity contribution in [1.29, 1.82) is 0 Å². The van der Waals surface area contributed by atoms with Crippen LogP contribution >= 0.6 is 0 Å². The number of aliphatic hydroxyl groups excluding tert-OH is 1. The van der Waals surface area contributed by atoms with Crippen molar-refractivity contribution < 1.29 is 19.0 Å². The van der Waals surface area contributed by atoms with Gasteiger partial charge in [0, 0.05) is 13.7 Å². The van der Waals surface area contributed by atoms with Gasteiger partial charge in [-0.05, 0) is 24.1 Å². The van der Waals surface area contributed by atoms with E-state index >= 15 is 0 Å². The first-order valence-corrected chi connectivity index (χ1v) is 4.29. The zero-order chi connectivity index (χ0) is 10.4. The van der Waals surface area contributed by atoms with Crippen LogP contribution in [0.5, 0.6) is 5.75 Å². The molecule has 0 saturated heterocycles. The summed E-state index contributed by atoms with van der Waals surface area (Å²) in [5.74, 6) is -0.276. The van der Waals surface area contributed by atoms with Crippen LogP contribution in [0.15, 0.2) is 18.2 Å². The lowest BCUT2D eigenvalue weighted by atomic mass is 10.1. The summed E-state index contributed by atoms with van der Waals surface area (Å²) in [6, 6.07) is 4.59. The van der Waals surface area contributed by atoms with Crippen LogP contribution in [0.1, 0.15) is 5.56 Å². The summed E-state index contributed by atoms with van der Waals surface area (Å²) in [7, 11) is 1.47. The van der Waals surface area contributed by atoms with Crippen LogP contribution < -0.4 is 4.74 Å². The maximum Gasteiger partial charge on any atom is 0.188 e. The van der Waals surface area contributed by atoms with Gasteiger partial charge in [0.2, 0.25) is 0 Å². The number of hydrogen-bond donors (Lipinski definition) is 1. The van der Waals surface area contributed by atoms with Gasteiger partial charge in [-0.1, -0.05) is 6.07 Å². The van der Waals surface area contributed by atoms with E-state index in [0.717, 1.165) is 5.56 Å². The Morgan fingerprint density at radius 2 is 2.21 bits per heavy atom. The van der Waals surface area contributed by atoms with Gasteiger partial charge < -0.3 is 14.6 Å².